The number of fused-ring (bicyclic) bond motifs is 1. The third kappa shape index (κ3) is 2.13. The van der Waals surface area contributed by atoms with Crippen LogP contribution in [-0.4, -0.2) is 25.2 Å². The molecule has 1 aromatic carbocycles. The van der Waals surface area contributed by atoms with Crippen LogP contribution >= 0.6 is 11.8 Å². The van der Waals surface area contributed by atoms with E-state index in [1.165, 1.54) is 11.8 Å². The van der Waals surface area contributed by atoms with Gasteiger partial charge in [0.1, 0.15) is 5.03 Å². The van der Waals surface area contributed by atoms with E-state index in [1.807, 2.05) is 18.2 Å². The van der Waals surface area contributed by atoms with Crippen molar-refractivity contribution in [1.29, 1.82) is 5.26 Å². The van der Waals surface area contributed by atoms with E-state index in [4.69, 9.17) is 5.26 Å². The SMILES string of the molecule is Cn1nnnc1Sc1nccc2ccc(C#N)cc12. The fourth-order valence-electron chi connectivity index (χ4n) is 1.69. The largest absolute Gasteiger partial charge is 0.249 e. The number of pyridine rings is 1. The Bertz CT molecular complexity index is 788. The Hall–Kier alpha value is -2.46. The standard InChI is InChI=1S/C12H8N6S/c1-18-12(15-16-17-18)19-11-10-6-8(7-13)2-3-9(10)4-5-14-11/h2-6H,1H3. The van der Waals surface area contributed by atoms with Crippen LogP contribution in [0.5, 0.6) is 0 Å². The smallest absolute Gasteiger partial charge is 0.215 e. The van der Waals surface area contributed by atoms with Crippen molar-refractivity contribution in [3.05, 3.63) is 36.0 Å². The van der Waals surface area contributed by atoms with Crippen molar-refractivity contribution in [2.45, 2.75) is 10.2 Å². The lowest BCUT2D eigenvalue weighted by molar-refractivity contribution is 0.664. The maximum absolute atomic E-state index is 8.98. The number of rotatable bonds is 2. The van der Waals surface area contributed by atoms with Gasteiger partial charge in [0, 0.05) is 18.6 Å². The van der Waals surface area contributed by atoms with Gasteiger partial charge < -0.3 is 0 Å². The van der Waals surface area contributed by atoms with Crippen LogP contribution < -0.4 is 0 Å². The van der Waals surface area contributed by atoms with Gasteiger partial charge in [-0.05, 0) is 45.8 Å². The summed E-state index contributed by atoms with van der Waals surface area (Å²) in [5.74, 6) is 0. The van der Waals surface area contributed by atoms with Crippen LogP contribution in [0.25, 0.3) is 10.8 Å². The predicted octanol–water partition coefficient (Wildman–Crippen LogP) is 1.78. The van der Waals surface area contributed by atoms with E-state index in [0.717, 1.165) is 15.8 Å². The first-order valence-electron chi connectivity index (χ1n) is 5.47. The van der Waals surface area contributed by atoms with Gasteiger partial charge in [-0.1, -0.05) is 6.07 Å². The molecule has 0 aliphatic rings. The van der Waals surface area contributed by atoms with Crippen LogP contribution in [-0.2, 0) is 7.05 Å². The second kappa shape index (κ2) is 4.66. The first-order valence-corrected chi connectivity index (χ1v) is 6.28. The summed E-state index contributed by atoms with van der Waals surface area (Å²) < 4.78 is 1.58. The summed E-state index contributed by atoms with van der Waals surface area (Å²) in [4.78, 5) is 4.34. The lowest BCUT2D eigenvalue weighted by atomic mass is 10.1. The summed E-state index contributed by atoms with van der Waals surface area (Å²) >= 11 is 1.38. The van der Waals surface area contributed by atoms with Gasteiger partial charge in [-0.15, -0.1) is 5.10 Å². The highest BCUT2D eigenvalue weighted by molar-refractivity contribution is 7.99. The Balaban J connectivity index is 2.13. The molecule has 0 aliphatic heterocycles. The number of nitriles is 1. The van der Waals surface area contributed by atoms with Crippen molar-refractivity contribution in [2.75, 3.05) is 0 Å². The maximum atomic E-state index is 8.98. The molecule has 3 rings (SSSR count). The number of nitrogens with zero attached hydrogens (tertiary/aromatic N) is 6. The van der Waals surface area contributed by atoms with Crippen molar-refractivity contribution >= 4 is 22.5 Å². The molecule has 0 saturated carbocycles. The molecule has 0 amide bonds. The van der Waals surface area contributed by atoms with Gasteiger partial charge in [-0.2, -0.15) is 5.26 Å². The summed E-state index contributed by atoms with van der Waals surface area (Å²) in [6.45, 7) is 0. The zero-order valence-electron chi connectivity index (χ0n) is 9.98. The van der Waals surface area contributed by atoms with Crippen LogP contribution in [0, 0.1) is 11.3 Å². The van der Waals surface area contributed by atoms with Crippen molar-refractivity contribution < 1.29 is 0 Å². The number of tetrazole rings is 1. The number of benzene rings is 1. The highest BCUT2D eigenvalue weighted by Gasteiger charge is 2.10. The van der Waals surface area contributed by atoms with E-state index in [2.05, 4.69) is 26.6 Å². The Kier molecular flexibility index (Phi) is 2.85. The number of aromatic nitrogens is 5. The van der Waals surface area contributed by atoms with Crippen LogP contribution in [0.3, 0.4) is 0 Å². The minimum atomic E-state index is 0.610. The van der Waals surface area contributed by atoms with Gasteiger partial charge in [0.15, 0.2) is 0 Å². The molecule has 0 aliphatic carbocycles. The zero-order chi connectivity index (χ0) is 13.2. The van der Waals surface area contributed by atoms with Crippen molar-refractivity contribution in [2.24, 2.45) is 7.05 Å². The van der Waals surface area contributed by atoms with Crippen LogP contribution in [0.2, 0.25) is 0 Å². The molecule has 0 spiro atoms. The lowest BCUT2D eigenvalue weighted by Crippen LogP contribution is -1.93. The molecule has 0 unspecified atom stereocenters. The van der Waals surface area contributed by atoms with Gasteiger partial charge in [0.25, 0.3) is 0 Å². The molecule has 0 radical (unpaired) electrons. The highest BCUT2D eigenvalue weighted by Crippen LogP contribution is 2.30. The minimum Gasteiger partial charge on any atom is -0.249 e. The molecule has 0 fully saturated rings. The van der Waals surface area contributed by atoms with Crippen molar-refractivity contribution in [3.8, 4) is 6.07 Å². The van der Waals surface area contributed by atoms with Gasteiger partial charge in [-0.25, -0.2) is 9.67 Å². The van der Waals surface area contributed by atoms with E-state index in [-0.39, 0.29) is 0 Å². The fraction of sp³-hybridized carbons (Fsp3) is 0.0833. The van der Waals surface area contributed by atoms with Gasteiger partial charge >= 0.3 is 0 Å². The van der Waals surface area contributed by atoms with Crippen LogP contribution in [0.15, 0.2) is 40.6 Å². The third-order valence-corrected chi connectivity index (χ3v) is 3.68. The van der Waals surface area contributed by atoms with E-state index < -0.39 is 0 Å². The average Bonchev–Trinajstić information content (AvgIpc) is 2.84. The molecule has 92 valence electrons. The number of aryl methyl sites for hydroxylation is 1. The first-order chi connectivity index (χ1) is 9.28. The first kappa shape index (κ1) is 11.6. The topological polar surface area (TPSA) is 80.3 Å². The van der Waals surface area contributed by atoms with E-state index in [1.54, 1.807) is 24.0 Å². The Morgan fingerprint density at radius 2 is 2.21 bits per heavy atom. The molecular formula is C12H8N6S. The van der Waals surface area contributed by atoms with Crippen LogP contribution in [0.4, 0.5) is 0 Å². The Morgan fingerprint density at radius 1 is 1.32 bits per heavy atom. The maximum Gasteiger partial charge on any atom is 0.215 e. The predicted molar refractivity (Wildman–Crippen MR) is 69.4 cm³/mol. The van der Waals surface area contributed by atoms with E-state index in [0.29, 0.717) is 10.7 Å². The lowest BCUT2D eigenvalue weighted by Gasteiger charge is -2.04. The molecule has 2 aromatic heterocycles. The summed E-state index contributed by atoms with van der Waals surface area (Å²) in [5.41, 5.74) is 0.610. The van der Waals surface area contributed by atoms with E-state index in [9.17, 15) is 0 Å². The molecule has 7 heteroatoms. The van der Waals surface area contributed by atoms with Gasteiger partial charge in [0.2, 0.25) is 5.16 Å². The molecule has 3 aromatic rings. The second-order valence-electron chi connectivity index (χ2n) is 3.85. The molecule has 2 heterocycles. The Labute approximate surface area is 113 Å². The summed E-state index contributed by atoms with van der Waals surface area (Å²) in [6, 6.07) is 9.58. The van der Waals surface area contributed by atoms with Gasteiger partial charge in [0.05, 0.1) is 11.6 Å². The third-order valence-electron chi connectivity index (χ3n) is 2.63. The number of hydrogen-bond acceptors (Lipinski definition) is 6. The average molecular weight is 268 g/mol. The fourth-order valence-corrected chi connectivity index (χ4v) is 2.51. The molecule has 6 nitrogen and oxygen atoms in total. The molecule has 0 saturated heterocycles. The zero-order valence-corrected chi connectivity index (χ0v) is 10.8. The molecule has 0 N–H and O–H groups in total. The summed E-state index contributed by atoms with van der Waals surface area (Å²) in [6.07, 6.45) is 1.74. The van der Waals surface area contributed by atoms with E-state index >= 15 is 0 Å². The molecule has 19 heavy (non-hydrogen) atoms. The number of hydrogen-bond donors (Lipinski definition) is 0. The van der Waals surface area contributed by atoms with Gasteiger partial charge in [-0.3, -0.25) is 0 Å². The summed E-state index contributed by atoms with van der Waals surface area (Å²) in [5, 5.41) is 23.7. The minimum absolute atomic E-state index is 0.610. The van der Waals surface area contributed by atoms with Crippen LogP contribution in [0.1, 0.15) is 5.56 Å². The second-order valence-corrected chi connectivity index (χ2v) is 4.81. The van der Waals surface area contributed by atoms with Crippen molar-refractivity contribution in [1.82, 2.24) is 25.2 Å². The highest BCUT2D eigenvalue weighted by atomic mass is 32.2. The monoisotopic (exact) mass is 268 g/mol. The molecule has 0 atom stereocenters. The van der Waals surface area contributed by atoms with Crippen molar-refractivity contribution in [3.63, 3.8) is 0 Å². The normalized spacial score (nSPS) is 10.5. The molecular weight excluding hydrogens is 260 g/mol. The summed E-state index contributed by atoms with van der Waals surface area (Å²) in [7, 11) is 1.77. The Morgan fingerprint density at radius 3 is 2.95 bits per heavy atom. The quantitative estimate of drug-likeness (QED) is 0.704. The molecule has 0 bridgehead atoms.